The molecule has 1 aromatic rings. The zero-order valence-corrected chi connectivity index (χ0v) is 11.9. The van der Waals surface area contributed by atoms with Crippen molar-refractivity contribution < 1.29 is 22.3 Å². The molecule has 0 N–H and O–H groups in total. The highest BCUT2D eigenvalue weighted by atomic mass is 19.2. The van der Waals surface area contributed by atoms with Crippen LogP contribution in [-0.4, -0.2) is 32.2 Å². The van der Waals surface area contributed by atoms with Crippen LogP contribution >= 0.6 is 0 Å². The number of nitrogens with zero attached hydrogens (tertiary/aromatic N) is 1. The molecule has 3 unspecified atom stereocenters. The zero-order chi connectivity index (χ0) is 15.4. The van der Waals surface area contributed by atoms with Crippen molar-refractivity contribution in [3.63, 3.8) is 0 Å². The number of alkyl halides is 2. The maximum absolute atomic E-state index is 13.3. The summed E-state index contributed by atoms with van der Waals surface area (Å²) in [7, 11) is 0. The lowest BCUT2D eigenvalue weighted by Crippen LogP contribution is -2.46. The second kappa shape index (κ2) is 7.11. The Labute approximate surface area is 121 Å². The maximum Gasteiger partial charge on any atom is 0.160 e. The van der Waals surface area contributed by atoms with Gasteiger partial charge in [0.1, 0.15) is 6.73 Å². The summed E-state index contributed by atoms with van der Waals surface area (Å²) < 4.78 is 57.6. The highest BCUT2D eigenvalue weighted by molar-refractivity contribution is 5.46. The van der Waals surface area contributed by atoms with Gasteiger partial charge in [-0.05, 0) is 25.5 Å². The van der Waals surface area contributed by atoms with E-state index in [1.165, 1.54) is 13.0 Å². The first-order chi connectivity index (χ1) is 10.0. The molecule has 1 aliphatic rings. The largest absolute Gasteiger partial charge is 0.357 e. The van der Waals surface area contributed by atoms with Gasteiger partial charge in [-0.1, -0.05) is 0 Å². The second-order valence-corrected chi connectivity index (χ2v) is 5.41. The van der Waals surface area contributed by atoms with Crippen LogP contribution in [0.25, 0.3) is 0 Å². The summed E-state index contributed by atoms with van der Waals surface area (Å²) in [6, 6.07) is 3.58. The Morgan fingerprint density at radius 3 is 2.71 bits per heavy atom. The van der Waals surface area contributed by atoms with E-state index in [0.717, 1.165) is 12.1 Å². The summed E-state index contributed by atoms with van der Waals surface area (Å²) in [5.74, 6) is -2.02. The molecule has 0 amide bonds. The van der Waals surface area contributed by atoms with E-state index in [-0.39, 0.29) is 31.6 Å². The van der Waals surface area contributed by atoms with E-state index < -0.39 is 24.5 Å². The summed E-state index contributed by atoms with van der Waals surface area (Å²) in [6.07, 6.45) is -0.886. The number of anilines is 1. The topological polar surface area (TPSA) is 12.5 Å². The van der Waals surface area contributed by atoms with Crippen LogP contribution in [0.15, 0.2) is 18.2 Å². The molecule has 1 saturated heterocycles. The Hall–Kier alpha value is -1.30. The van der Waals surface area contributed by atoms with Crippen LogP contribution in [0.5, 0.6) is 0 Å². The van der Waals surface area contributed by atoms with Crippen LogP contribution in [0.1, 0.15) is 19.8 Å². The van der Waals surface area contributed by atoms with Gasteiger partial charge < -0.3 is 9.64 Å². The average molecular weight is 305 g/mol. The summed E-state index contributed by atoms with van der Waals surface area (Å²) >= 11 is 0. The monoisotopic (exact) mass is 305 g/mol. The number of ether oxygens (including phenoxy) is 1. The lowest BCUT2D eigenvalue weighted by Gasteiger charge is -2.39. The molecule has 2 nitrogen and oxygen atoms in total. The van der Waals surface area contributed by atoms with E-state index in [4.69, 9.17) is 4.74 Å². The second-order valence-electron chi connectivity index (χ2n) is 5.41. The molecule has 21 heavy (non-hydrogen) atoms. The van der Waals surface area contributed by atoms with Gasteiger partial charge in [0.25, 0.3) is 0 Å². The number of rotatable bonds is 5. The van der Waals surface area contributed by atoms with E-state index in [2.05, 4.69) is 0 Å². The zero-order valence-electron chi connectivity index (χ0n) is 11.9. The van der Waals surface area contributed by atoms with Gasteiger partial charge in [0, 0.05) is 30.6 Å². The minimum atomic E-state index is -1.02. The molecule has 1 fully saturated rings. The Morgan fingerprint density at radius 1 is 1.33 bits per heavy atom. The van der Waals surface area contributed by atoms with E-state index in [1.807, 2.05) is 0 Å². The van der Waals surface area contributed by atoms with Crippen molar-refractivity contribution in [2.45, 2.75) is 32.0 Å². The third-order valence-corrected chi connectivity index (χ3v) is 3.73. The van der Waals surface area contributed by atoms with Crippen LogP contribution in [0.2, 0.25) is 0 Å². The number of halogens is 4. The molecule has 0 aromatic heterocycles. The highest BCUT2D eigenvalue weighted by Gasteiger charge is 2.31. The van der Waals surface area contributed by atoms with Gasteiger partial charge >= 0.3 is 0 Å². The number of hydrogen-bond donors (Lipinski definition) is 0. The Morgan fingerprint density at radius 2 is 2.10 bits per heavy atom. The van der Waals surface area contributed by atoms with E-state index in [0.29, 0.717) is 12.2 Å². The number of benzene rings is 1. The first kappa shape index (κ1) is 16.1. The van der Waals surface area contributed by atoms with Gasteiger partial charge in [0.05, 0.1) is 19.0 Å². The van der Waals surface area contributed by atoms with Crippen LogP contribution in [0, 0.1) is 17.6 Å². The minimum absolute atomic E-state index is 0.158. The van der Waals surface area contributed by atoms with Crippen LogP contribution in [-0.2, 0) is 4.74 Å². The molecule has 0 bridgehead atoms. The average Bonchev–Trinajstić information content (AvgIpc) is 2.43. The van der Waals surface area contributed by atoms with Crippen molar-refractivity contribution >= 4 is 5.69 Å². The molecule has 3 atom stereocenters. The molecule has 0 radical (unpaired) electrons. The van der Waals surface area contributed by atoms with Gasteiger partial charge in [0.2, 0.25) is 0 Å². The third kappa shape index (κ3) is 4.09. The molecule has 1 aliphatic heterocycles. The van der Waals surface area contributed by atoms with Crippen molar-refractivity contribution in [3.05, 3.63) is 29.8 Å². The minimum Gasteiger partial charge on any atom is -0.357 e. The fraction of sp³-hybridized carbons (Fsp3) is 0.600. The molecule has 0 spiro atoms. The summed E-state index contributed by atoms with van der Waals surface area (Å²) in [4.78, 5) is 1.71. The lowest BCUT2D eigenvalue weighted by molar-refractivity contribution is -0.0339. The van der Waals surface area contributed by atoms with Gasteiger partial charge in [-0.25, -0.2) is 13.2 Å². The number of hydrogen-bond acceptors (Lipinski definition) is 2. The Balaban J connectivity index is 2.08. The van der Waals surface area contributed by atoms with Gasteiger partial charge in [-0.3, -0.25) is 4.39 Å². The van der Waals surface area contributed by atoms with Crippen molar-refractivity contribution in [1.82, 2.24) is 0 Å². The lowest BCUT2D eigenvalue weighted by atomic mass is 9.93. The molecule has 0 saturated carbocycles. The normalized spacial score (nSPS) is 24.1. The first-order valence-corrected chi connectivity index (χ1v) is 7.03. The fourth-order valence-electron chi connectivity index (χ4n) is 2.63. The van der Waals surface area contributed by atoms with Gasteiger partial charge in [-0.2, -0.15) is 0 Å². The molecule has 1 heterocycles. The molecule has 2 rings (SSSR count). The predicted octanol–water partition coefficient (Wildman–Crippen LogP) is 3.85. The molecular formula is C15H19F4NO. The van der Waals surface area contributed by atoms with Crippen LogP contribution in [0.4, 0.5) is 23.2 Å². The van der Waals surface area contributed by atoms with Crippen LogP contribution < -0.4 is 4.90 Å². The summed E-state index contributed by atoms with van der Waals surface area (Å²) in [5, 5.41) is 0. The SMILES string of the molecule is CC(F)CC1OCN(c2ccc(F)c(F)c2)CC1CCF. The molecule has 1 aromatic carbocycles. The standard InChI is InChI=1S/C15H19F4NO/c1-10(17)6-15-11(4-5-16)8-20(9-21-15)12-2-3-13(18)14(19)7-12/h2-3,7,10-11,15H,4-6,8-9H2,1H3. The highest BCUT2D eigenvalue weighted by Crippen LogP contribution is 2.28. The molecule has 118 valence electrons. The molecular weight excluding hydrogens is 286 g/mol. The Kier molecular flexibility index (Phi) is 5.45. The quantitative estimate of drug-likeness (QED) is 0.766. The van der Waals surface area contributed by atoms with Gasteiger partial charge in [-0.15, -0.1) is 0 Å². The van der Waals surface area contributed by atoms with Crippen molar-refractivity contribution in [1.29, 1.82) is 0 Å². The van der Waals surface area contributed by atoms with E-state index >= 15 is 0 Å². The maximum atomic E-state index is 13.3. The van der Waals surface area contributed by atoms with Crippen molar-refractivity contribution in [3.8, 4) is 0 Å². The predicted molar refractivity (Wildman–Crippen MR) is 72.7 cm³/mol. The van der Waals surface area contributed by atoms with Crippen molar-refractivity contribution in [2.24, 2.45) is 5.92 Å². The fourth-order valence-corrected chi connectivity index (χ4v) is 2.63. The molecule has 6 heteroatoms. The van der Waals surface area contributed by atoms with Crippen LogP contribution in [0.3, 0.4) is 0 Å². The summed E-state index contributed by atoms with van der Waals surface area (Å²) in [6.45, 7) is 1.52. The molecule has 0 aliphatic carbocycles. The van der Waals surface area contributed by atoms with Gasteiger partial charge in [0.15, 0.2) is 11.6 Å². The van der Waals surface area contributed by atoms with Crippen molar-refractivity contribution in [2.75, 3.05) is 24.9 Å². The summed E-state index contributed by atoms with van der Waals surface area (Å²) in [5.41, 5.74) is 0.476. The Bertz CT molecular complexity index is 469. The van der Waals surface area contributed by atoms with E-state index in [1.54, 1.807) is 4.90 Å². The first-order valence-electron chi connectivity index (χ1n) is 7.03. The van der Waals surface area contributed by atoms with E-state index in [9.17, 15) is 17.6 Å². The third-order valence-electron chi connectivity index (χ3n) is 3.73. The smallest absolute Gasteiger partial charge is 0.160 e.